The summed E-state index contributed by atoms with van der Waals surface area (Å²) < 4.78 is 0. The van der Waals surface area contributed by atoms with Crippen LogP contribution in [0.2, 0.25) is 0 Å². The SMILES string of the molecule is CCCc1nc(NCC)c(C)c(-c2cccc(C)c2)n1. The van der Waals surface area contributed by atoms with Gasteiger partial charge in [0.25, 0.3) is 0 Å². The molecule has 0 spiro atoms. The van der Waals surface area contributed by atoms with E-state index in [0.717, 1.165) is 42.3 Å². The van der Waals surface area contributed by atoms with Gasteiger partial charge in [0.2, 0.25) is 0 Å². The molecule has 3 nitrogen and oxygen atoms in total. The Morgan fingerprint density at radius 2 is 1.90 bits per heavy atom. The molecule has 20 heavy (non-hydrogen) atoms. The van der Waals surface area contributed by atoms with Gasteiger partial charge >= 0.3 is 0 Å². The summed E-state index contributed by atoms with van der Waals surface area (Å²) in [5.41, 5.74) is 4.59. The van der Waals surface area contributed by atoms with Gasteiger partial charge in [-0.3, -0.25) is 0 Å². The maximum Gasteiger partial charge on any atom is 0.133 e. The smallest absolute Gasteiger partial charge is 0.133 e. The molecular formula is C17H23N3. The van der Waals surface area contributed by atoms with E-state index in [1.165, 1.54) is 11.1 Å². The first-order valence-electron chi connectivity index (χ1n) is 7.34. The van der Waals surface area contributed by atoms with E-state index in [0.29, 0.717) is 0 Å². The number of nitrogens with one attached hydrogen (secondary N) is 1. The van der Waals surface area contributed by atoms with Crippen molar-refractivity contribution in [2.45, 2.75) is 40.5 Å². The Morgan fingerprint density at radius 3 is 2.55 bits per heavy atom. The van der Waals surface area contributed by atoms with Crippen molar-refractivity contribution in [2.24, 2.45) is 0 Å². The van der Waals surface area contributed by atoms with Crippen LogP contribution >= 0.6 is 0 Å². The van der Waals surface area contributed by atoms with Crippen molar-refractivity contribution >= 4 is 5.82 Å². The average molecular weight is 269 g/mol. The van der Waals surface area contributed by atoms with E-state index < -0.39 is 0 Å². The molecule has 1 N–H and O–H groups in total. The fraction of sp³-hybridized carbons (Fsp3) is 0.412. The predicted octanol–water partition coefficient (Wildman–Crippen LogP) is 4.14. The zero-order valence-electron chi connectivity index (χ0n) is 12.8. The molecule has 0 unspecified atom stereocenters. The van der Waals surface area contributed by atoms with Gasteiger partial charge in [-0.05, 0) is 33.3 Å². The van der Waals surface area contributed by atoms with Crippen LogP contribution in [0.3, 0.4) is 0 Å². The third-order valence-electron chi connectivity index (χ3n) is 3.30. The lowest BCUT2D eigenvalue weighted by Crippen LogP contribution is -2.08. The standard InChI is InChI=1S/C17H23N3/c1-5-8-15-19-16(13(4)17(20-15)18-6-2)14-10-7-9-12(3)11-14/h7,9-11H,5-6,8H2,1-4H3,(H,18,19,20). The van der Waals surface area contributed by atoms with E-state index >= 15 is 0 Å². The maximum atomic E-state index is 4.77. The molecule has 0 saturated carbocycles. The highest BCUT2D eigenvalue weighted by molar-refractivity contribution is 5.68. The van der Waals surface area contributed by atoms with Crippen LogP contribution in [0.15, 0.2) is 24.3 Å². The van der Waals surface area contributed by atoms with Gasteiger partial charge in [0.1, 0.15) is 11.6 Å². The van der Waals surface area contributed by atoms with E-state index in [1.54, 1.807) is 0 Å². The third kappa shape index (κ3) is 3.16. The van der Waals surface area contributed by atoms with Crippen LogP contribution in [0.25, 0.3) is 11.3 Å². The van der Waals surface area contributed by atoms with E-state index in [1.807, 2.05) is 0 Å². The van der Waals surface area contributed by atoms with E-state index in [2.05, 4.69) is 62.3 Å². The largest absolute Gasteiger partial charge is 0.370 e. The Balaban J connectivity index is 2.55. The van der Waals surface area contributed by atoms with Crippen LogP contribution in [-0.2, 0) is 6.42 Å². The van der Waals surface area contributed by atoms with Crippen molar-refractivity contribution in [3.8, 4) is 11.3 Å². The molecule has 3 heteroatoms. The Morgan fingerprint density at radius 1 is 1.10 bits per heavy atom. The van der Waals surface area contributed by atoms with Crippen molar-refractivity contribution < 1.29 is 0 Å². The molecule has 0 fully saturated rings. The van der Waals surface area contributed by atoms with Gasteiger partial charge in [0.05, 0.1) is 5.69 Å². The first-order chi connectivity index (χ1) is 9.65. The lowest BCUT2D eigenvalue weighted by molar-refractivity contribution is 0.833. The van der Waals surface area contributed by atoms with Crippen molar-refractivity contribution in [2.75, 3.05) is 11.9 Å². The Bertz CT molecular complexity index is 591. The predicted molar refractivity (Wildman–Crippen MR) is 85.1 cm³/mol. The molecule has 106 valence electrons. The normalized spacial score (nSPS) is 10.6. The molecule has 0 bridgehead atoms. The summed E-state index contributed by atoms with van der Waals surface area (Å²) in [5, 5.41) is 3.35. The van der Waals surface area contributed by atoms with Crippen LogP contribution in [0, 0.1) is 13.8 Å². The summed E-state index contributed by atoms with van der Waals surface area (Å²) >= 11 is 0. The van der Waals surface area contributed by atoms with Gasteiger partial charge in [-0.25, -0.2) is 9.97 Å². The summed E-state index contributed by atoms with van der Waals surface area (Å²) in [6.45, 7) is 9.32. The number of nitrogens with zero attached hydrogens (tertiary/aromatic N) is 2. The van der Waals surface area contributed by atoms with Crippen molar-refractivity contribution in [3.05, 3.63) is 41.2 Å². The highest BCUT2D eigenvalue weighted by Gasteiger charge is 2.12. The summed E-state index contributed by atoms with van der Waals surface area (Å²) in [4.78, 5) is 9.40. The number of hydrogen-bond acceptors (Lipinski definition) is 3. The molecule has 0 atom stereocenters. The summed E-state index contributed by atoms with van der Waals surface area (Å²) in [6, 6.07) is 8.49. The first kappa shape index (κ1) is 14.5. The number of hydrogen-bond donors (Lipinski definition) is 1. The monoisotopic (exact) mass is 269 g/mol. The molecule has 0 saturated heterocycles. The molecule has 1 heterocycles. The van der Waals surface area contributed by atoms with Crippen molar-refractivity contribution in [1.82, 2.24) is 9.97 Å². The van der Waals surface area contributed by atoms with E-state index in [9.17, 15) is 0 Å². The minimum Gasteiger partial charge on any atom is -0.370 e. The van der Waals surface area contributed by atoms with Crippen LogP contribution in [0.4, 0.5) is 5.82 Å². The van der Waals surface area contributed by atoms with Gasteiger partial charge < -0.3 is 5.32 Å². The molecule has 2 aromatic rings. The second-order valence-corrected chi connectivity index (χ2v) is 5.11. The summed E-state index contributed by atoms with van der Waals surface area (Å²) in [7, 11) is 0. The van der Waals surface area contributed by atoms with Gasteiger partial charge in [0, 0.05) is 24.1 Å². The van der Waals surface area contributed by atoms with Gasteiger partial charge in [-0.1, -0.05) is 30.7 Å². The zero-order valence-corrected chi connectivity index (χ0v) is 12.8. The molecular weight excluding hydrogens is 246 g/mol. The zero-order chi connectivity index (χ0) is 14.5. The lowest BCUT2D eigenvalue weighted by Gasteiger charge is -2.13. The summed E-state index contributed by atoms with van der Waals surface area (Å²) in [6.07, 6.45) is 1.97. The molecule has 1 aromatic carbocycles. The van der Waals surface area contributed by atoms with E-state index in [-0.39, 0.29) is 0 Å². The fourth-order valence-electron chi connectivity index (χ4n) is 2.31. The average Bonchev–Trinajstić information content (AvgIpc) is 2.43. The number of anilines is 1. The number of aryl methyl sites for hydroxylation is 2. The molecule has 1 aromatic heterocycles. The quantitative estimate of drug-likeness (QED) is 0.886. The minimum atomic E-state index is 0.872. The summed E-state index contributed by atoms with van der Waals surface area (Å²) in [5.74, 6) is 1.88. The van der Waals surface area contributed by atoms with Crippen molar-refractivity contribution in [3.63, 3.8) is 0 Å². The Hall–Kier alpha value is -1.90. The fourth-order valence-corrected chi connectivity index (χ4v) is 2.31. The molecule has 0 aliphatic heterocycles. The van der Waals surface area contributed by atoms with Crippen LogP contribution in [0.1, 0.15) is 37.2 Å². The molecule has 0 aliphatic carbocycles. The topological polar surface area (TPSA) is 37.8 Å². The maximum absolute atomic E-state index is 4.77. The highest BCUT2D eigenvalue weighted by Crippen LogP contribution is 2.26. The van der Waals surface area contributed by atoms with Crippen LogP contribution in [0.5, 0.6) is 0 Å². The second kappa shape index (κ2) is 6.51. The Labute approximate surface area is 121 Å². The first-order valence-corrected chi connectivity index (χ1v) is 7.34. The Kier molecular flexibility index (Phi) is 4.72. The molecule has 0 radical (unpaired) electrons. The highest BCUT2D eigenvalue weighted by atomic mass is 15.0. The van der Waals surface area contributed by atoms with Crippen LogP contribution in [-0.4, -0.2) is 16.5 Å². The molecule has 2 rings (SSSR count). The van der Waals surface area contributed by atoms with Crippen molar-refractivity contribution in [1.29, 1.82) is 0 Å². The number of rotatable bonds is 5. The third-order valence-corrected chi connectivity index (χ3v) is 3.30. The molecule has 0 amide bonds. The lowest BCUT2D eigenvalue weighted by atomic mass is 10.0. The minimum absolute atomic E-state index is 0.872. The van der Waals surface area contributed by atoms with E-state index in [4.69, 9.17) is 4.98 Å². The second-order valence-electron chi connectivity index (χ2n) is 5.11. The van der Waals surface area contributed by atoms with Crippen LogP contribution < -0.4 is 5.32 Å². The van der Waals surface area contributed by atoms with Gasteiger partial charge in [-0.15, -0.1) is 0 Å². The number of aromatic nitrogens is 2. The number of benzene rings is 1. The van der Waals surface area contributed by atoms with Gasteiger partial charge in [0.15, 0.2) is 0 Å². The van der Waals surface area contributed by atoms with Gasteiger partial charge in [-0.2, -0.15) is 0 Å². The molecule has 0 aliphatic rings.